The van der Waals surface area contributed by atoms with Gasteiger partial charge in [0.1, 0.15) is 12.4 Å². The molecule has 1 aliphatic heterocycles. The molecule has 1 aliphatic rings. The van der Waals surface area contributed by atoms with Crippen LogP contribution in [0.25, 0.3) is 0 Å². The molecule has 2 rings (SSSR count). The first-order chi connectivity index (χ1) is 9.78. The molecule has 110 valence electrons. The predicted octanol–water partition coefficient (Wildman–Crippen LogP) is 1.65. The first-order valence-electron chi connectivity index (χ1n) is 7.00. The van der Waals surface area contributed by atoms with Crippen LogP contribution in [0.15, 0.2) is 24.3 Å². The third-order valence-electron chi connectivity index (χ3n) is 3.40. The number of amides is 1. The van der Waals surface area contributed by atoms with Crippen LogP contribution in [0.4, 0.5) is 5.69 Å². The number of anilines is 1. The van der Waals surface area contributed by atoms with E-state index in [4.69, 9.17) is 9.47 Å². The monoisotopic (exact) mass is 278 g/mol. The molecule has 0 unspecified atom stereocenters. The van der Waals surface area contributed by atoms with E-state index in [2.05, 4.69) is 10.6 Å². The Labute approximate surface area is 119 Å². The van der Waals surface area contributed by atoms with Crippen molar-refractivity contribution in [2.45, 2.75) is 12.8 Å². The summed E-state index contributed by atoms with van der Waals surface area (Å²) in [6, 6.07) is 7.28. The molecule has 1 heterocycles. The number of benzene rings is 1. The van der Waals surface area contributed by atoms with Gasteiger partial charge >= 0.3 is 0 Å². The molecule has 5 nitrogen and oxygen atoms in total. The maximum Gasteiger partial charge on any atom is 0.250 e. The highest BCUT2D eigenvalue weighted by molar-refractivity contribution is 5.91. The third kappa shape index (κ3) is 4.83. The van der Waals surface area contributed by atoms with Crippen LogP contribution < -0.4 is 15.4 Å². The highest BCUT2D eigenvalue weighted by Gasteiger charge is 2.13. The number of carbonyl (C=O) groups excluding carboxylic acids is 1. The van der Waals surface area contributed by atoms with E-state index in [1.165, 1.54) is 0 Å². The topological polar surface area (TPSA) is 59.6 Å². The van der Waals surface area contributed by atoms with Gasteiger partial charge in [-0.2, -0.15) is 0 Å². The van der Waals surface area contributed by atoms with Gasteiger partial charge in [-0.15, -0.1) is 0 Å². The number of nitrogens with one attached hydrogen (secondary N) is 2. The summed E-state index contributed by atoms with van der Waals surface area (Å²) < 4.78 is 10.6. The summed E-state index contributed by atoms with van der Waals surface area (Å²) in [5.74, 6) is 1.16. The Hall–Kier alpha value is -1.59. The Balaban J connectivity index is 1.69. The molecule has 2 N–H and O–H groups in total. The van der Waals surface area contributed by atoms with Gasteiger partial charge in [0.05, 0.1) is 13.7 Å². The van der Waals surface area contributed by atoms with Crippen molar-refractivity contribution in [2.75, 3.05) is 38.7 Å². The Morgan fingerprint density at radius 1 is 1.40 bits per heavy atom. The Bertz CT molecular complexity index is 431. The summed E-state index contributed by atoms with van der Waals surface area (Å²) >= 11 is 0. The molecule has 0 atom stereocenters. The van der Waals surface area contributed by atoms with Gasteiger partial charge in [0, 0.05) is 11.8 Å². The Morgan fingerprint density at radius 3 is 2.95 bits per heavy atom. The number of piperidine rings is 1. The second-order valence-corrected chi connectivity index (χ2v) is 4.99. The van der Waals surface area contributed by atoms with Crippen molar-refractivity contribution in [3.8, 4) is 5.75 Å². The molecule has 0 radical (unpaired) electrons. The summed E-state index contributed by atoms with van der Waals surface area (Å²) in [5.41, 5.74) is 0.722. The van der Waals surface area contributed by atoms with Gasteiger partial charge in [-0.05, 0) is 44.0 Å². The summed E-state index contributed by atoms with van der Waals surface area (Å²) in [6.45, 7) is 2.85. The third-order valence-corrected chi connectivity index (χ3v) is 3.40. The molecule has 0 aromatic heterocycles. The second kappa shape index (κ2) is 7.87. The van der Waals surface area contributed by atoms with Crippen LogP contribution >= 0.6 is 0 Å². The van der Waals surface area contributed by atoms with Crippen molar-refractivity contribution >= 4 is 11.6 Å². The fourth-order valence-corrected chi connectivity index (χ4v) is 2.26. The average Bonchev–Trinajstić information content (AvgIpc) is 2.48. The van der Waals surface area contributed by atoms with Gasteiger partial charge in [0.25, 0.3) is 0 Å². The molecule has 1 aromatic carbocycles. The molecule has 1 fully saturated rings. The summed E-state index contributed by atoms with van der Waals surface area (Å²) in [4.78, 5) is 11.8. The lowest BCUT2D eigenvalue weighted by molar-refractivity contribution is -0.121. The SMILES string of the molecule is COc1cccc(NC(=O)COCC2CCNCC2)c1. The molecular formula is C15H22N2O3. The zero-order valence-electron chi connectivity index (χ0n) is 11.9. The molecule has 1 saturated heterocycles. The molecule has 1 aromatic rings. The van der Waals surface area contributed by atoms with E-state index >= 15 is 0 Å². The van der Waals surface area contributed by atoms with Gasteiger partial charge in [-0.25, -0.2) is 0 Å². The van der Waals surface area contributed by atoms with Crippen LogP contribution in [0, 0.1) is 5.92 Å². The molecule has 5 heteroatoms. The van der Waals surface area contributed by atoms with Crippen molar-refractivity contribution < 1.29 is 14.3 Å². The van der Waals surface area contributed by atoms with Crippen LogP contribution in [-0.2, 0) is 9.53 Å². The molecule has 0 aliphatic carbocycles. The van der Waals surface area contributed by atoms with Crippen molar-refractivity contribution in [3.05, 3.63) is 24.3 Å². The van der Waals surface area contributed by atoms with Crippen LogP contribution in [0.3, 0.4) is 0 Å². The van der Waals surface area contributed by atoms with Crippen LogP contribution in [0.2, 0.25) is 0 Å². The van der Waals surface area contributed by atoms with Crippen molar-refractivity contribution in [1.29, 1.82) is 0 Å². The molecule has 1 amide bonds. The van der Waals surface area contributed by atoms with Gasteiger partial charge in [0.2, 0.25) is 5.91 Å². The van der Waals surface area contributed by atoms with Crippen molar-refractivity contribution in [2.24, 2.45) is 5.92 Å². The summed E-state index contributed by atoms with van der Waals surface area (Å²) in [6.07, 6.45) is 2.25. The van der Waals surface area contributed by atoms with E-state index in [0.717, 1.165) is 37.4 Å². The van der Waals surface area contributed by atoms with Crippen LogP contribution in [-0.4, -0.2) is 39.3 Å². The minimum atomic E-state index is -0.132. The number of hydrogen-bond donors (Lipinski definition) is 2. The molecule has 0 spiro atoms. The Kier molecular flexibility index (Phi) is 5.83. The standard InChI is InChI=1S/C15H22N2O3/c1-19-14-4-2-3-13(9-14)17-15(18)11-20-10-12-5-7-16-8-6-12/h2-4,9,12,16H,5-8,10-11H2,1H3,(H,17,18). The number of rotatable bonds is 6. The maximum absolute atomic E-state index is 11.8. The van der Waals surface area contributed by atoms with E-state index in [0.29, 0.717) is 12.5 Å². The van der Waals surface area contributed by atoms with Gasteiger partial charge < -0.3 is 20.1 Å². The van der Waals surface area contributed by atoms with E-state index in [1.807, 2.05) is 18.2 Å². The van der Waals surface area contributed by atoms with E-state index in [1.54, 1.807) is 13.2 Å². The fraction of sp³-hybridized carbons (Fsp3) is 0.533. The largest absolute Gasteiger partial charge is 0.497 e. The summed E-state index contributed by atoms with van der Waals surface area (Å²) in [5, 5.41) is 6.11. The molecule has 20 heavy (non-hydrogen) atoms. The van der Waals surface area contributed by atoms with Gasteiger partial charge in [-0.1, -0.05) is 6.07 Å². The zero-order valence-corrected chi connectivity index (χ0v) is 11.9. The maximum atomic E-state index is 11.8. The first-order valence-corrected chi connectivity index (χ1v) is 7.00. The molecular weight excluding hydrogens is 256 g/mol. The lowest BCUT2D eigenvalue weighted by Gasteiger charge is -2.22. The lowest BCUT2D eigenvalue weighted by atomic mass is 9.99. The van der Waals surface area contributed by atoms with Crippen molar-refractivity contribution in [3.63, 3.8) is 0 Å². The van der Waals surface area contributed by atoms with Crippen molar-refractivity contribution in [1.82, 2.24) is 5.32 Å². The minimum Gasteiger partial charge on any atom is -0.497 e. The minimum absolute atomic E-state index is 0.0984. The predicted molar refractivity (Wildman–Crippen MR) is 78.0 cm³/mol. The van der Waals surface area contributed by atoms with Crippen LogP contribution in [0.5, 0.6) is 5.75 Å². The highest BCUT2D eigenvalue weighted by Crippen LogP contribution is 2.16. The first kappa shape index (κ1) is 14.8. The number of methoxy groups -OCH3 is 1. The number of hydrogen-bond acceptors (Lipinski definition) is 4. The average molecular weight is 278 g/mol. The van der Waals surface area contributed by atoms with Gasteiger partial charge in [0.15, 0.2) is 0 Å². The second-order valence-electron chi connectivity index (χ2n) is 4.99. The summed E-state index contributed by atoms with van der Waals surface area (Å²) in [7, 11) is 1.60. The van der Waals surface area contributed by atoms with E-state index in [9.17, 15) is 4.79 Å². The lowest BCUT2D eigenvalue weighted by Crippen LogP contribution is -2.30. The number of ether oxygens (including phenoxy) is 2. The number of carbonyl (C=O) groups is 1. The van der Waals surface area contributed by atoms with E-state index in [-0.39, 0.29) is 12.5 Å². The quantitative estimate of drug-likeness (QED) is 0.830. The molecule has 0 bridgehead atoms. The Morgan fingerprint density at radius 2 is 2.20 bits per heavy atom. The zero-order chi connectivity index (χ0) is 14.2. The normalized spacial score (nSPS) is 15.8. The van der Waals surface area contributed by atoms with Crippen LogP contribution in [0.1, 0.15) is 12.8 Å². The van der Waals surface area contributed by atoms with Gasteiger partial charge in [-0.3, -0.25) is 4.79 Å². The van der Waals surface area contributed by atoms with E-state index < -0.39 is 0 Å². The fourth-order valence-electron chi connectivity index (χ4n) is 2.26. The molecule has 0 saturated carbocycles. The highest BCUT2D eigenvalue weighted by atomic mass is 16.5. The smallest absolute Gasteiger partial charge is 0.250 e.